The molecule has 1 saturated heterocycles. The zero-order chi connectivity index (χ0) is 23.6. The van der Waals surface area contributed by atoms with Gasteiger partial charge >= 0.3 is 6.09 Å². The highest BCUT2D eigenvalue weighted by Crippen LogP contribution is 2.35. The molecule has 1 fully saturated rings. The number of ketones is 1. The van der Waals surface area contributed by atoms with E-state index >= 15 is 0 Å². The largest absolute Gasteiger partial charge is 0.482 e. The number of Topliss-reactive ketones (excluding diaryl/α,β-unsaturated/α-hetero) is 1. The minimum absolute atomic E-state index is 0.139. The number of rotatable bonds is 3. The van der Waals surface area contributed by atoms with Crippen molar-refractivity contribution < 1.29 is 28.7 Å². The summed E-state index contributed by atoms with van der Waals surface area (Å²) in [5.41, 5.74) is 0.269. The van der Waals surface area contributed by atoms with Crippen molar-refractivity contribution in [3.8, 4) is 5.75 Å². The molecule has 3 rings (SSSR count). The van der Waals surface area contributed by atoms with Gasteiger partial charge in [0, 0.05) is 31.7 Å². The third-order valence-corrected chi connectivity index (χ3v) is 5.45. The molecule has 174 valence electrons. The maximum atomic E-state index is 13.3. The fourth-order valence-electron chi connectivity index (χ4n) is 3.84. The summed E-state index contributed by atoms with van der Waals surface area (Å²) in [4.78, 5) is 54.9. The normalized spacial score (nSPS) is 17.8. The van der Waals surface area contributed by atoms with Crippen LogP contribution >= 0.6 is 0 Å². The summed E-state index contributed by atoms with van der Waals surface area (Å²) in [6.07, 6.45) is 0.216. The molecule has 2 aliphatic heterocycles. The molecule has 0 N–H and O–H groups in total. The number of carbonyl (C=O) groups excluding carboxylic acids is 4. The van der Waals surface area contributed by atoms with Gasteiger partial charge in [0.1, 0.15) is 17.4 Å². The Hall–Kier alpha value is -3.10. The Balaban J connectivity index is 1.74. The van der Waals surface area contributed by atoms with E-state index < -0.39 is 17.7 Å². The van der Waals surface area contributed by atoms with E-state index in [0.717, 1.165) is 0 Å². The van der Waals surface area contributed by atoms with Gasteiger partial charge in [-0.05, 0) is 59.2 Å². The minimum atomic E-state index is -0.777. The molecule has 32 heavy (non-hydrogen) atoms. The summed E-state index contributed by atoms with van der Waals surface area (Å²) in [6.45, 7) is 10.1. The van der Waals surface area contributed by atoms with Gasteiger partial charge in [0.25, 0.3) is 5.91 Å². The first-order valence-electron chi connectivity index (χ1n) is 10.8. The molecule has 1 unspecified atom stereocenters. The molecule has 2 heterocycles. The zero-order valence-corrected chi connectivity index (χ0v) is 19.3. The van der Waals surface area contributed by atoms with Crippen LogP contribution in [0.1, 0.15) is 51.4 Å². The lowest BCUT2D eigenvalue weighted by Crippen LogP contribution is -2.53. The summed E-state index contributed by atoms with van der Waals surface area (Å²) >= 11 is 0. The molecule has 9 nitrogen and oxygen atoms in total. The van der Waals surface area contributed by atoms with Crippen LogP contribution < -0.4 is 9.64 Å². The summed E-state index contributed by atoms with van der Waals surface area (Å²) in [7, 11) is 0. The first-order valence-corrected chi connectivity index (χ1v) is 10.8. The molecule has 0 radical (unpaired) electrons. The smallest absolute Gasteiger partial charge is 0.410 e. The summed E-state index contributed by atoms with van der Waals surface area (Å²) < 4.78 is 10.9. The number of nitrogens with zero attached hydrogens (tertiary/aromatic N) is 3. The van der Waals surface area contributed by atoms with Crippen molar-refractivity contribution in [3.63, 3.8) is 0 Å². The fourth-order valence-corrected chi connectivity index (χ4v) is 3.84. The molecule has 0 spiro atoms. The van der Waals surface area contributed by atoms with Crippen molar-refractivity contribution >= 4 is 29.4 Å². The molecule has 9 heteroatoms. The summed E-state index contributed by atoms with van der Waals surface area (Å²) in [5, 5.41) is 0. The fraction of sp³-hybridized carbons (Fsp3) is 0.565. The van der Waals surface area contributed by atoms with Crippen LogP contribution in [-0.4, -0.2) is 77.9 Å². The van der Waals surface area contributed by atoms with Crippen molar-refractivity contribution in [1.82, 2.24) is 9.80 Å². The molecule has 1 aromatic carbocycles. The number of anilines is 1. The van der Waals surface area contributed by atoms with Crippen molar-refractivity contribution in [2.75, 3.05) is 37.7 Å². The molecule has 0 saturated carbocycles. The van der Waals surface area contributed by atoms with Crippen LogP contribution in [0.2, 0.25) is 0 Å². The van der Waals surface area contributed by atoms with Crippen molar-refractivity contribution in [1.29, 1.82) is 0 Å². The van der Waals surface area contributed by atoms with Crippen molar-refractivity contribution in [2.45, 2.75) is 52.7 Å². The van der Waals surface area contributed by atoms with Gasteiger partial charge in [0.15, 0.2) is 12.4 Å². The highest BCUT2D eigenvalue weighted by Gasteiger charge is 2.36. The van der Waals surface area contributed by atoms with E-state index in [1.807, 2.05) is 20.8 Å². The first-order chi connectivity index (χ1) is 15.0. The Kier molecular flexibility index (Phi) is 6.76. The molecular weight excluding hydrogens is 414 g/mol. The monoisotopic (exact) mass is 445 g/mol. The molecule has 3 amide bonds. The number of fused-ring (bicyclic) bond motifs is 1. The number of hydrogen-bond acceptors (Lipinski definition) is 6. The average molecular weight is 446 g/mol. The Labute approximate surface area is 188 Å². The number of carbonyl (C=O) groups is 4. The third kappa shape index (κ3) is 5.20. The molecule has 0 aliphatic carbocycles. The van der Waals surface area contributed by atoms with Crippen LogP contribution in [0.4, 0.5) is 10.5 Å². The quantitative estimate of drug-likeness (QED) is 0.663. The number of ether oxygens (including phenoxy) is 2. The average Bonchev–Trinajstić information content (AvgIpc) is 2.97. The van der Waals surface area contributed by atoms with Crippen LogP contribution in [0.5, 0.6) is 5.75 Å². The number of amides is 3. The van der Waals surface area contributed by atoms with Crippen LogP contribution in [0.15, 0.2) is 18.2 Å². The van der Waals surface area contributed by atoms with E-state index in [2.05, 4.69) is 0 Å². The molecular formula is C23H31N3O6. The number of hydrogen-bond donors (Lipinski definition) is 0. The lowest BCUT2D eigenvalue weighted by atomic mass is 10.1. The maximum Gasteiger partial charge on any atom is 0.410 e. The van der Waals surface area contributed by atoms with Gasteiger partial charge in [0.05, 0.1) is 5.69 Å². The van der Waals surface area contributed by atoms with Gasteiger partial charge in [-0.3, -0.25) is 19.3 Å². The second kappa shape index (κ2) is 9.18. The van der Waals surface area contributed by atoms with Gasteiger partial charge < -0.3 is 19.3 Å². The lowest BCUT2D eigenvalue weighted by molar-refractivity contribution is -0.134. The van der Waals surface area contributed by atoms with E-state index in [-0.39, 0.29) is 24.2 Å². The summed E-state index contributed by atoms with van der Waals surface area (Å²) in [6, 6.07) is 4.10. The van der Waals surface area contributed by atoms with Crippen LogP contribution in [0.3, 0.4) is 0 Å². The predicted octanol–water partition coefficient (Wildman–Crippen LogP) is 2.47. The second-order valence-electron chi connectivity index (χ2n) is 9.11. The predicted molar refractivity (Wildman–Crippen MR) is 118 cm³/mol. The van der Waals surface area contributed by atoms with Crippen molar-refractivity contribution in [2.24, 2.45) is 0 Å². The van der Waals surface area contributed by atoms with Gasteiger partial charge in [-0.15, -0.1) is 0 Å². The Bertz CT molecular complexity index is 923. The standard InChI is InChI=1S/C23H31N3O6/c1-15(26-18-13-17(16(2)27)7-8-19(18)31-14-20(26)28)21(29)24-9-6-10-25(12-11-24)22(30)32-23(3,4)5/h7-8,13,15H,6,9-12,14H2,1-5H3. The molecule has 0 aromatic heterocycles. The van der Waals surface area contributed by atoms with Gasteiger partial charge in [-0.25, -0.2) is 4.79 Å². The molecule has 1 atom stereocenters. The molecule has 1 aromatic rings. The summed E-state index contributed by atoms with van der Waals surface area (Å²) in [5.74, 6) is -0.240. The van der Waals surface area contributed by atoms with E-state index in [4.69, 9.17) is 9.47 Å². The molecule has 2 aliphatic rings. The van der Waals surface area contributed by atoms with E-state index in [0.29, 0.717) is 49.6 Å². The van der Waals surface area contributed by atoms with Crippen LogP contribution in [-0.2, 0) is 14.3 Å². The Morgan fingerprint density at radius 3 is 2.38 bits per heavy atom. The van der Waals surface area contributed by atoms with E-state index in [9.17, 15) is 19.2 Å². The van der Waals surface area contributed by atoms with Gasteiger partial charge in [0.2, 0.25) is 5.91 Å². The second-order valence-corrected chi connectivity index (χ2v) is 9.11. The number of benzene rings is 1. The Morgan fingerprint density at radius 1 is 1.06 bits per heavy atom. The van der Waals surface area contributed by atoms with Crippen LogP contribution in [0.25, 0.3) is 0 Å². The minimum Gasteiger partial charge on any atom is -0.482 e. The van der Waals surface area contributed by atoms with E-state index in [1.165, 1.54) is 11.8 Å². The van der Waals surface area contributed by atoms with Crippen LogP contribution in [0, 0.1) is 0 Å². The zero-order valence-electron chi connectivity index (χ0n) is 19.3. The van der Waals surface area contributed by atoms with Gasteiger partial charge in [-0.1, -0.05) is 0 Å². The highest BCUT2D eigenvalue weighted by atomic mass is 16.6. The van der Waals surface area contributed by atoms with Gasteiger partial charge in [-0.2, -0.15) is 0 Å². The first kappa shape index (κ1) is 23.6. The van der Waals surface area contributed by atoms with Crippen molar-refractivity contribution in [3.05, 3.63) is 23.8 Å². The highest BCUT2D eigenvalue weighted by molar-refractivity contribution is 6.05. The topological polar surface area (TPSA) is 96.5 Å². The SMILES string of the molecule is CC(=O)c1ccc2c(c1)N(C(C)C(=O)N1CCCN(C(=O)OC(C)(C)C)CC1)C(=O)CO2. The van der Waals surface area contributed by atoms with E-state index in [1.54, 1.807) is 34.9 Å². The lowest BCUT2D eigenvalue weighted by Gasteiger charge is -2.36. The Morgan fingerprint density at radius 2 is 1.72 bits per heavy atom. The maximum absolute atomic E-state index is 13.3. The third-order valence-electron chi connectivity index (χ3n) is 5.45. The molecule has 0 bridgehead atoms.